The van der Waals surface area contributed by atoms with E-state index in [0.717, 1.165) is 6.42 Å². The molecule has 9 heteroatoms. The van der Waals surface area contributed by atoms with Crippen LogP contribution in [0.4, 0.5) is 23.8 Å². The van der Waals surface area contributed by atoms with E-state index in [0.29, 0.717) is 31.8 Å². The molecule has 1 aliphatic carbocycles. The molecule has 0 bridgehead atoms. The number of piperidine rings is 1. The molecule has 1 N–H and O–H groups in total. The fourth-order valence-electron chi connectivity index (χ4n) is 3.91. The van der Waals surface area contributed by atoms with Gasteiger partial charge in [-0.2, -0.15) is 18.3 Å². The largest absolute Gasteiger partial charge is 0.392 e. The summed E-state index contributed by atoms with van der Waals surface area (Å²) >= 11 is 0. The lowest BCUT2D eigenvalue weighted by atomic mass is 9.58. The summed E-state index contributed by atoms with van der Waals surface area (Å²) in [6.45, 7) is 1.34. The molecule has 1 unspecified atom stereocenters. The van der Waals surface area contributed by atoms with Crippen LogP contribution in [0.15, 0.2) is 12.3 Å². The minimum absolute atomic E-state index is 0.0286. The van der Waals surface area contributed by atoms with Gasteiger partial charge >= 0.3 is 12.2 Å². The lowest BCUT2D eigenvalue weighted by Crippen LogP contribution is -2.58. The molecule has 1 aromatic rings. The number of halogens is 3. The molecule has 0 radical (unpaired) electrons. The van der Waals surface area contributed by atoms with E-state index in [9.17, 15) is 18.0 Å². The van der Waals surface area contributed by atoms with Crippen LogP contribution in [0.1, 0.15) is 25.7 Å². The van der Waals surface area contributed by atoms with Crippen molar-refractivity contribution in [2.75, 3.05) is 32.1 Å². The quantitative estimate of drug-likeness (QED) is 0.898. The zero-order valence-corrected chi connectivity index (χ0v) is 14.2. The number of nitrogens with zero attached hydrogens (tertiary/aromatic N) is 3. The van der Waals surface area contributed by atoms with Gasteiger partial charge in [-0.15, -0.1) is 0 Å². The van der Waals surface area contributed by atoms with Gasteiger partial charge in [0.1, 0.15) is 0 Å². The van der Waals surface area contributed by atoms with Crippen LogP contribution in [0.25, 0.3) is 0 Å². The number of alkyl halides is 3. The third kappa shape index (κ3) is 3.75. The highest BCUT2D eigenvalue weighted by Gasteiger charge is 2.58. The van der Waals surface area contributed by atoms with Crippen molar-refractivity contribution in [3.05, 3.63) is 12.3 Å². The van der Waals surface area contributed by atoms with Crippen LogP contribution in [-0.4, -0.2) is 53.7 Å². The smallest absolute Gasteiger partial charge is 0.383 e. The Labute approximate surface area is 144 Å². The van der Waals surface area contributed by atoms with E-state index in [-0.39, 0.29) is 25.5 Å². The van der Waals surface area contributed by atoms with Gasteiger partial charge < -0.3 is 9.64 Å². The zero-order valence-electron chi connectivity index (χ0n) is 14.2. The number of carbonyl (C=O) groups is 1. The Kier molecular flexibility index (Phi) is 4.95. The van der Waals surface area contributed by atoms with E-state index in [4.69, 9.17) is 4.74 Å². The molecule has 1 saturated heterocycles. The number of nitrogens with one attached hydrogen (secondary N) is 1. The first kappa shape index (κ1) is 18.0. The molecule has 0 aromatic carbocycles. The van der Waals surface area contributed by atoms with Crippen molar-refractivity contribution in [2.45, 2.75) is 38.4 Å². The maximum absolute atomic E-state index is 13.3. The summed E-state index contributed by atoms with van der Waals surface area (Å²) < 4.78 is 46.5. The predicted molar refractivity (Wildman–Crippen MR) is 85.1 cm³/mol. The van der Waals surface area contributed by atoms with Crippen LogP contribution in [0, 0.1) is 11.3 Å². The van der Waals surface area contributed by atoms with E-state index in [1.807, 2.05) is 0 Å². The van der Waals surface area contributed by atoms with Gasteiger partial charge in [-0.1, -0.05) is 6.42 Å². The first-order valence-corrected chi connectivity index (χ1v) is 8.49. The Bertz CT molecular complexity index is 613. The fourth-order valence-corrected chi connectivity index (χ4v) is 3.91. The Morgan fingerprint density at radius 2 is 2.24 bits per heavy atom. The van der Waals surface area contributed by atoms with Crippen LogP contribution in [0.3, 0.4) is 0 Å². The molecule has 6 nitrogen and oxygen atoms in total. The van der Waals surface area contributed by atoms with Crippen LogP contribution in [0.5, 0.6) is 0 Å². The molecule has 1 aromatic heterocycles. The number of likely N-dealkylation sites (tertiary alicyclic amines) is 1. The lowest BCUT2D eigenvalue weighted by Gasteiger charge is -2.53. The number of methoxy groups -OCH3 is 1. The van der Waals surface area contributed by atoms with Gasteiger partial charge in [-0.05, 0) is 24.7 Å². The topological polar surface area (TPSA) is 59.4 Å². The van der Waals surface area contributed by atoms with Crippen molar-refractivity contribution in [2.24, 2.45) is 11.3 Å². The van der Waals surface area contributed by atoms with Crippen LogP contribution < -0.4 is 5.32 Å². The molecule has 2 fully saturated rings. The molecule has 25 heavy (non-hydrogen) atoms. The molecule has 2 amide bonds. The van der Waals surface area contributed by atoms with Crippen molar-refractivity contribution < 1.29 is 22.7 Å². The van der Waals surface area contributed by atoms with Crippen molar-refractivity contribution in [3.8, 4) is 0 Å². The number of hydrogen-bond acceptors (Lipinski definition) is 3. The maximum atomic E-state index is 13.3. The minimum Gasteiger partial charge on any atom is -0.383 e. The van der Waals surface area contributed by atoms with Gasteiger partial charge in [-0.3, -0.25) is 10.00 Å². The van der Waals surface area contributed by atoms with Crippen molar-refractivity contribution >= 4 is 11.8 Å². The molecule has 2 aliphatic rings. The highest BCUT2D eigenvalue weighted by Crippen LogP contribution is 2.56. The molecule has 1 spiro atoms. The summed E-state index contributed by atoms with van der Waals surface area (Å²) in [6, 6.07) is 1.28. The number of urea groups is 1. The Hall–Kier alpha value is -1.77. The standard InChI is InChI=1S/C16H23F3N4O2/c1-25-10-9-23-8-4-13(21-23)20-14(24)22-7-3-12(16(17,18)19)15(11-22)5-2-6-15/h4,8,12H,2-3,5-7,9-11H2,1H3,(H,20,21,24). The van der Waals surface area contributed by atoms with Crippen molar-refractivity contribution in [1.29, 1.82) is 0 Å². The average molecular weight is 360 g/mol. The van der Waals surface area contributed by atoms with Crippen molar-refractivity contribution in [1.82, 2.24) is 14.7 Å². The van der Waals surface area contributed by atoms with Crippen LogP contribution >= 0.6 is 0 Å². The summed E-state index contributed by atoms with van der Waals surface area (Å²) in [5.41, 5.74) is -0.800. The third-order valence-electron chi connectivity index (χ3n) is 5.36. The van der Waals surface area contributed by atoms with Gasteiger partial charge in [0.25, 0.3) is 0 Å². The number of aromatic nitrogens is 2. The number of amides is 2. The monoisotopic (exact) mass is 360 g/mol. The highest BCUT2D eigenvalue weighted by molar-refractivity contribution is 5.88. The van der Waals surface area contributed by atoms with Gasteiger partial charge in [0.05, 0.1) is 19.1 Å². The van der Waals surface area contributed by atoms with E-state index < -0.39 is 17.5 Å². The average Bonchev–Trinajstić information content (AvgIpc) is 2.97. The molecular weight excluding hydrogens is 337 g/mol. The number of anilines is 1. The maximum Gasteiger partial charge on any atom is 0.392 e. The molecule has 1 aliphatic heterocycles. The lowest BCUT2D eigenvalue weighted by molar-refractivity contribution is -0.234. The normalized spacial score (nSPS) is 22.7. The van der Waals surface area contributed by atoms with Crippen LogP contribution in [0.2, 0.25) is 0 Å². The SMILES string of the molecule is COCCn1ccc(NC(=O)N2CCC(C(F)(F)F)C3(CCC3)C2)n1. The van der Waals surface area contributed by atoms with E-state index in [2.05, 4.69) is 10.4 Å². The Balaban J connectivity index is 1.61. The van der Waals surface area contributed by atoms with E-state index >= 15 is 0 Å². The number of rotatable bonds is 4. The second kappa shape index (κ2) is 6.86. The van der Waals surface area contributed by atoms with Crippen molar-refractivity contribution in [3.63, 3.8) is 0 Å². The molecular formula is C16H23F3N4O2. The second-order valence-corrected chi connectivity index (χ2v) is 6.91. The second-order valence-electron chi connectivity index (χ2n) is 6.91. The summed E-state index contributed by atoms with van der Waals surface area (Å²) in [7, 11) is 1.59. The van der Waals surface area contributed by atoms with Gasteiger partial charge in [0.15, 0.2) is 5.82 Å². The molecule has 140 valence electrons. The van der Waals surface area contributed by atoms with Gasteiger partial charge in [-0.25, -0.2) is 4.79 Å². The Morgan fingerprint density at radius 3 is 2.84 bits per heavy atom. The summed E-state index contributed by atoms with van der Waals surface area (Å²) in [5, 5.41) is 6.89. The predicted octanol–water partition coefficient (Wildman–Crippen LogP) is 3.12. The number of hydrogen-bond donors (Lipinski definition) is 1. The first-order chi connectivity index (χ1) is 11.8. The van der Waals surface area contributed by atoms with Crippen LogP contribution in [-0.2, 0) is 11.3 Å². The molecule has 2 heterocycles. The van der Waals surface area contributed by atoms with E-state index in [1.165, 1.54) is 4.90 Å². The summed E-state index contributed by atoms with van der Waals surface area (Å²) in [4.78, 5) is 13.9. The summed E-state index contributed by atoms with van der Waals surface area (Å²) in [6.07, 6.45) is -0.634. The number of ether oxygens (including phenoxy) is 1. The Morgan fingerprint density at radius 1 is 1.48 bits per heavy atom. The molecule has 1 atom stereocenters. The van der Waals surface area contributed by atoms with Gasteiger partial charge in [0, 0.05) is 32.5 Å². The fraction of sp³-hybridized carbons (Fsp3) is 0.750. The van der Waals surface area contributed by atoms with E-state index in [1.54, 1.807) is 24.1 Å². The zero-order chi connectivity index (χ0) is 18.1. The molecule has 1 saturated carbocycles. The highest BCUT2D eigenvalue weighted by atomic mass is 19.4. The third-order valence-corrected chi connectivity index (χ3v) is 5.36. The number of carbonyl (C=O) groups excluding carboxylic acids is 1. The summed E-state index contributed by atoms with van der Waals surface area (Å²) in [5.74, 6) is -0.909. The van der Waals surface area contributed by atoms with Gasteiger partial charge in [0.2, 0.25) is 0 Å². The first-order valence-electron chi connectivity index (χ1n) is 8.49. The molecule has 3 rings (SSSR count). The minimum atomic E-state index is -4.19.